The van der Waals surface area contributed by atoms with E-state index in [4.69, 9.17) is 11.6 Å². The van der Waals surface area contributed by atoms with Gasteiger partial charge in [0.15, 0.2) is 0 Å². The first-order chi connectivity index (χ1) is 21.5. The Bertz CT molecular complexity index is 2000. The van der Waals surface area contributed by atoms with E-state index in [1.165, 1.54) is 15.4 Å². The molecule has 0 unspecified atom stereocenters. The summed E-state index contributed by atoms with van der Waals surface area (Å²) in [7, 11) is -3.91. The van der Waals surface area contributed by atoms with E-state index in [0.717, 1.165) is 28.2 Å². The highest BCUT2D eigenvalue weighted by molar-refractivity contribution is 7.92. The van der Waals surface area contributed by atoms with Gasteiger partial charge in [-0.3, -0.25) is 9.10 Å². The summed E-state index contributed by atoms with van der Waals surface area (Å²) in [6, 6.07) is 28.6. The highest BCUT2D eigenvalue weighted by Crippen LogP contribution is 2.31. The van der Waals surface area contributed by atoms with Gasteiger partial charge in [0.1, 0.15) is 0 Å². The monoisotopic (exact) mass is 638 g/mol. The van der Waals surface area contributed by atoms with Crippen molar-refractivity contribution in [3.63, 3.8) is 0 Å². The fraction of sp³-hybridized carbons (Fsp3) is 0.167. The molecule has 0 saturated carbocycles. The molecule has 5 rings (SSSR count). The molecule has 0 aliphatic heterocycles. The van der Waals surface area contributed by atoms with Gasteiger partial charge in [0.25, 0.3) is 15.9 Å². The zero-order valence-electron chi connectivity index (χ0n) is 25.9. The third-order valence-electron chi connectivity index (χ3n) is 7.90. The molecule has 1 heterocycles. The van der Waals surface area contributed by atoms with Crippen LogP contribution in [0.1, 0.15) is 49.6 Å². The maximum atomic E-state index is 13.8. The molecule has 1 aromatic heterocycles. The van der Waals surface area contributed by atoms with Crippen molar-refractivity contribution in [2.45, 2.75) is 46.1 Å². The Hall–Kier alpha value is -4.66. The molecule has 1 amide bonds. The number of aromatic nitrogens is 1. The van der Waals surface area contributed by atoms with Gasteiger partial charge in [0, 0.05) is 33.2 Å². The first kappa shape index (κ1) is 31.8. The maximum absolute atomic E-state index is 13.8. The molecular formula is C36H35ClN4O3S. The summed E-state index contributed by atoms with van der Waals surface area (Å²) >= 11 is 6.27. The number of sulfonamides is 1. The second-order valence-corrected chi connectivity index (χ2v) is 13.4. The lowest BCUT2D eigenvalue weighted by atomic mass is 10.1. The topological polar surface area (TPSA) is 83.8 Å². The molecule has 0 atom stereocenters. The van der Waals surface area contributed by atoms with Gasteiger partial charge in [-0.1, -0.05) is 54.1 Å². The van der Waals surface area contributed by atoms with E-state index < -0.39 is 10.0 Å². The molecular weight excluding hydrogens is 604 g/mol. The van der Waals surface area contributed by atoms with Gasteiger partial charge in [0.2, 0.25) is 0 Å². The van der Waals surface area contributed by atoms with Crippen molar-refractivity contribution in [3.05, 3.63) is 147 Å². The minimum absolute atomic E-state index is 0.0502. The van der Waals surface area contributed by atoms with Crippen LogP contribution in [0.3, 0.4) is 0 Å². The molecule has 5 aromatic rings. The van der Waals surface area contributed by atoms with Crippen LogP contribution in [0.2, 0.25) is 5.02 Å². The van der Waals surface area contributed by atoms with E-state index >= 15 is 0 Å². The number of amides is 1. The zero-order valence-corrected chi connectivity index (χ0v) is 27.4. The number of hydrogen-bond acceptors (Lipinski definition) is 4. The van der Waals surface area contributed by atoms with Gasteiger partial charge in [-0.25, -0.2) is 13.8 Å². The van der Waals surface area contributed by atoms with Crippen LogP contribution in [0.4, 0.5) is 5.69 Å². The van der Waals surface area contributed by atoms with Gasteiger partial charge in [0.05, 0.1) is 23.3 Å². The predicted molar refractivity (Wildman–Crippen MR) is 182 cm³/mol. The van der Waals surface area contributed by atoms with Gasteiger partial charge in [-0.2, -0.15) is 5.10 Å². The Balaban J connectivity index is 1.33. The molecule has 1 N–H and O–H groups in total. The van der Waals surface area contributed by atoms with Gasteiger partial charge >= 0.3 is 0 Å². The van der Waals surface area contributed by atoms with Crippen LogP contribution in [-0.4, -0.2) is 25.1 Å². The van der Waals surface area contributed by atoms with E-state index in [-0.39, 0.29) is 17.3 Å². The molecule has 0 saturated heterocycles. The van der Waals surface area contributed by atoms with Gasteiger partial charge < -0.3 is 4.57 Å². The number of carbonyl (C=O) groups is 1. The quantitative estimate of drug-likeness (QED) is 0.132. The van der Waals surface area contributed by atoms with Crippen molar-refractivity contribution in [2.24, 2.45) is 5.10 Å². The van der Waals surface area contributed by atoms with Crippen LogP contribution in [0, 0.1) is 34.6 Å². The molecule has 0 bridgehead atoms. The molecule has 0 fully saturated rings. The highest BCUT2D eigenvalue weighted by atomic mass is 35.5. The van der Waals surface area contributed by atoms with Crippen molar-refractivity contribution in [3.8, 4) is 5.69 Å². The first-order valence-corrected chi connectivity index (χ1v) is 16.3. The average molecular weight is 639 g/mol. The molecule has 0 spiro atoms. The minimum atomic E-state index is -3.91. The van der Waals surface area contributed by atoms with Crippen LogP contribution in [0.5, 0.6) is 0 Å². The Morgan fingerprint density at radius 3 is 2.22 bits per heavy atom. The Kier molecular flexibility index (Phi) is 9.27. The van der Waals surface area contributed by atoms with Crippen LogP contribution in [0.25, 0.3) is 5.69 Å². The standard InChI is InChI=1S/C36H35ClN4O3S/c1-24-12-18-33(19-26(24)3)41-27(4)20-31(28(41)5)22-38-39-36(42)30-15-13-29(14-16-30)23-40(35-21-32(37)17-11-25(35)2)45(43,44)34-9-7-6-8-10-34/h6-22H,23H2,1-5H3,(H,39,42). The number of nitrogens with zero attached hydrogens (tertiary/aromatic N) is 3. The van der Waals surface area contributed by atoms with Crippen molar-refractivity contribution >= 4 is 39.4 Å². The second kappa shape index (κ2) is 13.1. The summed E-state index contributed by atoms with van der Waals surface area (Å²) in [5.41, 5.74) is 11.5. The van der Waals surface area contributed by atoms with E-state index in [0.29, 0.717) is 21.8 Å². The predicted octanol–water partition coefficient (Wildman–Crippen LogP) is 7.83. The SMILES string of the molecule is Cc1ccc(-n2c(C)cc(C=NNC(=O)c3ccc(CN(c4cc(Cl)ccc4C)S(=O)(=O)c4ccccc4)cc3)c2C)cc1C. The summed E-state index contributed by atoms with van der Waals surface area (Å²) in [6.07, 6.45) is 1.64. The number of aryl methyl sites for hydroxylation is 4. The first-order valence-electron chi connectivity index (χ1n) is 14.5. The number of rotatable bonds is 9. The summed E-state index contributed by atoms with van der Waals surface area (Å²) in [5.74, 6) is -0.375. The van der Waals surface area contributed by atoms with Crippen molar-refractivity contribution in [2.75, 3.05) is 4.31 Å². The fourth-order valence-electron chi connectivity index (χ4n) is 5.20. The molecule has 9 heteroatoms. The van der Waals surface area contributed by atoms with Crippen LogP contribution < -0.4 is 9.73 Å². The third-order valence-corrected chi connectivity index (χ3v) is 9.91. The minimum Gasteiger partial charge on any atom is -0.318 e. The Morgan fingerprint density at radius 2 is 1.53 bits per heavy atom. The number of hydrazone groups is 1. The summed E-state index contributed by atoms with van der Waals surface area (Å²) < 4.78 is 31.0. The average Bonchev–Trinajstić information content (AvgIpc) is 3.31. The molecule has 0 radical (unpaired) electrons. The highest BCUT2D eigenvalue weighted by Gasteiger charge is 2.26. The van der Waals surface area contributed by atoms with E-state index in [9.17, 15) is 13.2 Å². The molecule has 0 aliphatic rings. The van der Waals surface area contributed by atoms with Crippen molar-refractivity contribution < 1.29 is 13.2 Å². The molecule has 45 heavy (non-hydrogen) atoms. The zero-order chi connectivity index (χ0) is 32.3. The maximum Gasteiger partial charge on any atom is 0.271 e. The second-order valence-electron chi connectivity index (χ2n) is 11.1. The number of benzene rings is 4. The third kappa shape index (κ3) is 6.87. The van der Waals surface area contributed by atoms with Gasteiger partial charge in [-0.05, 0) is 111 Å². The summed E-state index contributed by atoms with van der Waals surface area (Å²) in [5, 5.41) is 4.65. The van der Waals surface area contributed by atoms with Gasteiger partial charge in [-0.15, -0.1) is 0 Å². The number of hydrogen-bond donors (Lipinski definition) is 1. The molecule has 0 aliphatic carbocycles. The smallest absolute Gasteiger partial charge is 0.271 e. The van der Waals surface area contributed by atoms with E-state index in [1.807, 2.05) is 26.8 Å². The lowest BCUT2D eigenvalue weighted by molar-refractivity contribution is 0.0955. The fourth-order valence-corrected chi connectivity index (χ4v) is 6.90. The molecule has 4 aromatic carbocycles. The lowest BCUT2D eigenvalue weighted by Crippen LogP contribution is -2.31. The largest absolute Gasteiger partial charge is 0.318 e. The lowest BCUT2D eigenvalue weighted by Gasteiger charge is -2.26. The van der Waals surface area contributed by atoms with Crippen molar-refractivity contribution in [1.82, 2.24) is 9.99 Å². The molecule has 7 nitrogen and oxygen atoms in total. The molecule has 230 valence electrons. The summed E-state index contributed by atoms with van der Waals surface area (Å²) in [6.45, 7) is 10.1. The number of carbonyl (C=O) groups excluding carboxylic acids is 1. The van der Waals surface area contributed by atoms with Crippen molar-refractivity contribution in [1.29, 1.82) is 0 Å². The van der Waals surface area contributed by atoms with E-state index in [2.05, 4.69) is 47.1 Å². The van der Waals surface area contributed by atoms with Crippen LogP contribution >= 0.6 is 11.6 Å². The number of nitrogens with one attached hydrogen (secondary N) is 1. The van der Waals surface area contributed by atoms with E-state index in [1.54, 1.807) is 79.0 Å². The van der Waals surface area contributed by atoms with Crippen LogP contribution in [0.15, 0.2) is 107 Å². The summed E-state index contributed by atoms with van der Waals surface area (Å²) in [4.78, 5) is 13.1. The Morgan fingerprint density at radius 1 is 0.844 bits per heavy atom. The Labute approximate surface area is 269 Å². The van der Waals surface area contributed by atoms with Crippen LogP contribution in [-0.2, 0) is 16.6 Å². The number of halogens is 1. The normalized spacial score (nSPS) is 11.6. The number of anilines is 1.